The van der Waals surface area contributed by atoms with E-state index < -0.39 is 42.1 Å². The van der Waals surface area contributed by atoms with Gasteiger partial charge in [-0.25, -0.2) is 0 Å². The van der Waals surface area contributed by atoms with Crippen LogP contribution in [-0.2, 0) is 25.8 Å². The Hall–Kier alpha value is -3.05. The first-order valence-electron chi connectivity index (χ1n) is 13.1. The van der Waals surface area contributed by atoms with Gasteiger partial charge in [-0.1, -0.05) is 35.5 Å². The molecule has 0 bridgehead atoms. The van der Waals surface area contributed by atoms with Crippen molar-refractivity contribution in [3.63, 3.8) is 0 Å². The van der Waals surface area contributed by atoms with E-state index in [2.05, 4.69) is 5.16 Å². The molecule has 3 aliphatic rings. The van der Waals surface area contributed by atoms with Gasteiger partial charge in [-0.3, -0.25) is 14.5 Å². The molecule has 2 saturated carbocycles. The van der Waals surface area contributed by atoms with Gasteiger partial charge in [0.25, 0.3) is 0 Å². The predicted molar refractivity (Wildman–Crippen MR) is 134 cm³/mol. The maximum atomic E-state index is 13.7. The van der Waals surface area contributed by atoms with Gasteiger partial charge >= 0.3 is 0 Å². The number of likely N-dealkylation sites (tertiary alicyclic amines) is 1. The number of aliphatic hydroxyl groups excluding tert-OH is 3. The van der Waals surface area contributed by atoms with Crippen molar-refractivity contribution in [1.29, 1.82) is 0 Å². The number of aliphatic hydroxyl groups is 3. The lowest BCUT2D eigenvalue weighted by Gasteiger charge is -2.45. The molecule has 1 saturated heterocycles. The molecule has 1 aliphatic heterocycles. The Labute approximate surface area is 220 Å². The Kier molecular flexibility index (Phi) is 7.94. The van der Waals surface area contributed by atoms with Crippen molar-refractivity contribution < 1.29 is 38.9 Å². The van der Waals surface area contributed by atoms with Crippen LogP contribution in [0.1, 0.15) is 43.6 Å². The molecule has 2 aliphatic carbocycles. The number of imide groups is 1. The molecule has 2 amide bonds. The van der Waals surface area contributed by atoms with E-state index in [1.165, 1.54) is 4.90 Å². The molecule has 5 rings (SSSR count). The smallest absolute Gasteiger partial charge is 0.234 e. The monoisotopic (exact) mass is 526 g/mol. The number of benzene rings is 1. The van der Waals surface area contributed by atoms with E-state index in [4.69, 9.17) is 14.0 Å². The number of carbonyl (C=O) groups is 2. The highest BCUT2D eigenvalue weighted by molar-refractivity contribution is 6.06. The van der Waals surface area contributed by atoms with Crippen LogP contribution >= 0.6 is 0 Å². The van der Waals surface area contributed by atoms with Crippen LogP contribution in [0.25, 0.3) is 0 Å². The average Bonchev–Trinajstić information content (AvgIpc) is 3.53. The third-order valence-electron chi connectivity index (χ3n) is 8.07. The summed E-state index contributed by atoms with van der Waals surface area (Å²) in [5.41, 5.74) is 1.39. The van der Waals surface area contributed by atoms with E-state index in [9.17, 15) is 24.9 Å². The molecule has 10 nitrogen and oxygen atoms in total. The maximum absolute atomic E-state index is 13.7. The largest absolute Gasteiger partial charge is 0.467 e. The summed E-state index contributed by atoms with van der Waals surface area (Å²) in [6.45, 7) is 1.95. The van der Waals surface area contributed by atoms with Crippen LogP contribution in [0.2, 0.25) is 0 Å². The van der Waals surface area contributed by atoms with Crippen molar-refractivity contribution >= 4 is 17.5 Å². The van der Waals surface area contributed by atoms with Gasteiger partial charge in [0.2, 0.25) is 11.8 Å². The van der Waals surface area contributed by atoms with Crippen molar-refractivity contribution in [3.8, 4) is 0 Å². The van der Waals surface area contributed by atoms with Crippen LogP contribution in [-0.4, -0.2) is 69.3 Å². The molecule has 8 atom stereocenters. The summed E-state index contributed by atoms with van der Waals surface area (Å²) in [4.78, 5) is 33.8. The fourth-order valence-electron chi connectivity index (χ4n) is 6.21. The van der Waals surface area contributed by atoms with Crippen LogP contribution in [0.4, 0.5) is 0 Å². The fraction of sp³-hybridized carbons (Fsp3) is 0.536. The molecule has 38 heavy (non-hydrogen) atoms. The first-order valence-corrected chi connectivity index (χ1v) is 13.1. The average molecular weight is 527 g/mol. The minimum atomic E-state index is -1.16. The molecule has 204 valence electrons. The first-order chi connectivity index (χ1) is 18.4. The fourth-order valence-corrected chi connectivity index (χ4v) is 6.21. The van der Waals surface area contributed by atoms with E-state index in [-0.39, 0.29) is 44.0 Å². The van der Waals surface area contributed by atoms with Crippen molar-refractivity contribution in [2.45, 2.75) is 57.1 Å². The van der Waals surface area contributed by atoms with E-state index in [0.717, 1.165) is 5.56 Å². The summed E-state index contributed by atoms with van der Waals surface area (Å²) in [6, 6.07) is 12.5. The van der Waals surface area contributed by atoms with Gasteiger partial charge in [0.05, 0.1) is 48.7 Å². The van der Waals surface area contributed by atoms with Crippen LogP contribution in [0.5, 0.6) is 0 Å². The molecule has 1 aromatic heterocycles. The van der Waals surface area contributed by atoms with Crippen molar-refractivity contribution in [3.05, 3.63) is 60.1 Å². The summed E-state index contributed by atoms with van der Waals surface area (Å²) in [7, 11) is 0. The normalized spacial score (nSPS) is 31.7. The summed E-state index contributed by atoms with van der Waals surface area (Å²) in [5, 5.41) is 36.0. The highest BCUT2D eigenvalue weighted by atomic mass is 16.6. The van der Waals surface area contributed by atoms with Gasteiger partial charge in [0.15, 0.2) is 0 Å². The van der Waals surface area contributed by atoms with Crippen LogP contribution in [0.15, 0.2) is 58.3 Å². The van der Waals surface area contributed by atoms with Crippen LogP contribution < -0.4 is 0 Å². The Morgan fingerprint density at radius 3 is 2.55 bits per heavy atom. The molecule has 1 aromatic carbocycles. The van der Waals surface area contributed by atoms with Crippen molar-refractivity contribution in [1.82, 2.24) is 4.90 Å². The number of fused-ring (bicyclic) bond motifs is 3. The van der Waals surface area contributed by atoms with E-state index >= 15 is 0 Å². The highest BCUT2D eigenvalue weighted by Gasteiger charge is 2.60. The number of carbonyl (C=O) groups excluding carboxylic acids is 2. The molecule has 0 unspecified atom stereocenters. The number of furan rings is 1. The quantitative estimate of drug-likeness (QED) is 0.333. The number of amides is 2. The zero-order chi connectivity index (χ0) is 26.8. The van der Waals surface area contributed by atoms with Gasteiger partial charge < -0.3 is 29.3 Å². The second-order valence-corrected chi connectivity index (χ2v) is 10.4. The lowest BCUT2D eigenvalue weighted by molar-refractivity contribution is -0.144. The van der Waals surface area contributed by atoms with Gasteiger partial charge in [-0.05, 0) is 37.5 Å². The second-order valence-electron chi connectivity index (χ2n) is 10.4. The van der Waals surface area contributed by atoms with Crippen LogP contribution in [0, 0.1) is 23.7 Å². The summed E-state index contributed by atoms with van der Waals surface area (Å²) in [5.74, 6) is -2.13. The molecular weight excluding hydrogens is 492 g/mol. The number of rotatable bonds is 9. The van der Waals surface area contributed by atoms with Gasteiger partial charge in [0.1, 0.15) is 25.1 Å². The molecule has 3 fully saturated rings. The second kappa shape index (κ2) is 11.4. The van der Waals surface area contributed by atoms with Gasteiger partial charge in [-0.2, -0.15) is 0 Å². The summed E-state index contributed by atoms with van der Waals surface area (Å²) >= 11 is 0. The minimum absolute atomic E-state index is 0.0226. The molecule has 3 N–H and O–H groups in total. The zero-order valence-electron chi connectivity index (χ0n) is 21.3. The third kappa shape index (κ3) is 5.13. The SMILES string of the molecule is C[C@@H](c1ccccc1)N1C(=O)[C@H]2[C@H]3[C@H](O)[C@H](O)CC(=NOC[C@@H](O)COCc4ccco4)[C@H]3CC[C@H]2C1=O. The lowest BCUT2D eigenvalue weighted by atomic mass is 9.60. The Balaban J connectivity index is 1.26. The molecular formula is C28H34N2O8. The number of ether oxygens (including phenoxy) is 1. The topological polar surface area (TPSA) is 142 Å². The third-order valence-corrected chi connectivity index (χ3v) is 8.07. The maximum Gasteiger partial charge on any atom is 0.234 e. The predicted octanol–water partition coefficient (Wildman–Crippen LogP) is 2.04. The summed E-state index contributed by atoms with van der Waals surface area (Å²) in [6.07, 6.45) is -0.558. The van der Waals surface area contributed by atoms with Gasteiger partial charge in [-0.15, -0.1) is 0 Å². The number of hydrogen-bond acceptors (Lipinski definition) is 9. The lowest BCUT2D eigenvalue weighted by Crippen LogP contribution is -2.54. The Bertz CT molecular complexity index is 1140. The minimum Gasteiger partial charge on any atom is -0.467 e. The molecule has 2 aromatic rings. The number of oxime groups is 1. The van der Waals surface area contributed by atoms with E-state index in [1.807, 2.05) is 37.3 Å². The molecule has 2 heterocycles. The molecule has 10 heteroatoms. The molecule has 0 spiro atoms. The number of nitrogens with zero attached hydrogens (tertiary/aromatic N) is 2. The standard InChI is InChI=1S/C28H34N2O8/c1-16(17-6-3-2-4-7-17)30-27(34)21-10-9-20-22(12-23(32)26(33)24(20)25(21)28(30)35)29-38-14-18(31)13-36-15-19-8-5-11-37-19/h2-8,11,16,18,20-21,23-26,31-33H,9-10,12-15H2,1H3/t16-,18-,20+,21+,23+,24-,25+,26+/m0/s1. The van der Waals surface area contributed by atoms with E-state index in [1.54, 1.807) is 18.4 Å². The van der Waals surface area contributed by atoms with Crippen LogP contribution in [0.3, 0.4) is 0 Å². The first kappa shape index (κ1) is 26.6. The summed E-state index contributed by atoms with van der Waals surface area (Å²) < 4.78 is 10.6. The zero-order valence-corrected chi connectivity index (χ0v) is 21.3. The highest BCUT2D eigenvalue weighted by Crippen LogP contribution is 2.51. The van der Waals surface area contributed by atoms with Crippen molar-refractivity contribution in [2.75, 3.05) is 13.2 Å². The Morgan fingerprint density at radius 2 is 1.82 bits per heavy atom. The van der Waals surface area contributed by atoms with E-state index in [0.29, 0.717) is 24.3 Å². The molecule has 0 radical (unpaired) electrons. The Morgan fingerprint density at radius 1 is 1.05 bits per heavy atom. The van der Waals surface area contributed by atoms with Gasteiger partial charge in [0, 0.05) is 18.3 Å². The number of hydrogen-bond donors (Lipinski definition) is 3. The van der Waals surface area contributed by atoms with Crippen molar-refractivity contribution in [2.24, 2.45) is 28.8 Å².